The fourth-order valence-corrected chi connectivity index (χ4v) is 1.59. The smallest absolute Gasteiger partial charge is 0.118 e. The monoisotopic (exact) mass is 188 g/mol. The van der Waals surface area contributed by atoms with Crippen LogP contribution in [0, 0.1) is 0 Å². The molecule has 0 N–H and O–H groups in total. The van der Waals surface area contributed by atoms with Crippen LogP contribution in [0.15, 0.2) is 0 Å². The van der Waals surface area contributed by atoms with Crippen molar-refractivity contribution in [1.29, 1.82) is 0 Å². The summed E-state index contributed by atoms with van der Waals surface area (Å²) in [5.74, 6) is 0. The van der Waals surface area contributed by atoms with Crippen molar-refractivity contribution in [3.05, 3.63) is 0 Å². The van der Waals surface area contributed by atoms with Gasteiger partial charge in [0.1, 0.15) is 8.24 Å². The summed E-state index contributed by atoms with van der Waals surface area (Å²) in [6.07, 6.45) is 0. The van der Waals surface area contributed by atoms with Gasteiger partial charge in [-0.05, 0) is 20.6 Å². The SMILES string of the molecule is CCN(C)CCN(C)[Si](C)(C)C. The third-order valence-corrected chi connectivity index (χ3v) is 5.02. The van der Waals surface area contributed by atoms with Gasteiger partial charge in [0, 0.05) is 13.1 Å². The van der Waals surface area contributed by atoms with Crippen LogP contribution < -0.4 is 0 Å². The molecule has 12 heavy (non-hydrogen) atoms. The van der Waals surface area contributed by atoms with E-state index in [0.29, 0.717) is 0 Å². The van der Waals surface area contributed by atoms with Crippen molar-refractivity contribution >= 4 is 8.24 Å². The minimum Gasteiger partial charge on any atom is -0.325 e. The summed E-state index contributed by atoms with van der Waals surface area (Å²) < 4.78 is 2.53. The zero-order valence-corrected chi connectivity index (χ0v) is 10.5. The Kier molecular flexibility index (Phi) is 5.05. The van der Waals surface area contributed by atoms with Gasteiger partial charge in [-0.3, -0.25) is 0 Å². The van der Waals surface area contributed by atoms with Crippen LogP contribution in [0.3, 0.4) is 0 Å². The molecule has 0 bridgehead atoms. The predicted octanol–water partition coefficient (Wildman–Crippen LogP) is 1.70. The Morgan fingerprint density at radius 1 is 1.00 bits per heavy atom. The number of rotatable bonds is 5. The first-order valence-corrected chi connectivity index (χ1v) is 8.22. The van der Waals surface area contributed by atoms with Crippen molar-refractivity contribution in [2.75, 3.05) is 33.7 Å². The van der Waals surface area contributed by atoms with Gasteiger partial charge in [-0.25, -0.2) is 0 Å². The second-order valence-corrected chi connectivity index (χ2v) is 9.59. The number of likely N-dealkylation sites (N-methyl/N-ethyl adjacent to an activating group) is 2. The average Bonchev–Trinajstić information content (AvgIpc) is 1.97. The molecule has 0 unspecified atom stereocenters. The highest BCUT2D eigenvalue weighted by Crippen LogP contribution is 2.05. The summed E-state index contributed by atoms with van der Waals surface area (Å²) in [6, 6.07) is 0. The van der Waals surface area contributed by atoms with Crippen molar-refractivity contribution in [3.63, 3.8) is 0 Å². The van der Waals surface area contributed by atoms with Crippen LogP contribution in [-0.2, 0) is 0 Å². The van der Waals surface area contributed by atoms with Crippen LogP contribution >= 0.6 is 0 Å². The Labute approximate surface area is 78.6 Å². The molecule has 0 aromatic heterocycles. The van der Waals surface area contributed by atoms with Crippen molar-refractivity contribution in [2.24, 2.45) is 0 Å². The lowest BCUT2D eigenvalue weighted by molar-refractivity contribution is 0.320. The molecule has 74 valence electrons. The Morgan fingerprint density at radius 3 is 1.83 bits per heavy atom. The summed E-state index contributed by atoms with van der Waals surface area (Å²) in [6.45, 7) is 12.9. The van der Waals surface area contributed by atoms with E-state index in [1.54, 1.807) is 0 Å². The molecule has 0 heterocycles. The van der Waals surface area contributed by atoms with Crippen molar-refractivity contribution in [2.45, 2.75) is 26.6 Å². The Morgan fingerprint density at radius 2 is 1.50 bits per heavy atom. The summed E-state index contributed by atoms with van der Waals surface area (Å²) in [4.78, 5) is 2.36. The zero-order valence-electron chi connectivity index (χ0n) is 9.52. The average molecular weight is 188 g/mol. The van der Waals surface area contributed by atoms with Gasteiger partial charge in [-0.15, -0.1) is 0 Å². The van der Waals surface area contributed by atoms with Crippen LogP contribution in [0.25, 0.3) is 0 Å². The molecule has 0 aliphatic rings. The molecule has 0 spiro atoms. The molecule has 0 rings (SSSR count). The maximum absolute atomic E-state index is 2.53. The number of hydrogen-bond donors (Lipinski definition) is 0. The molecule has 0 atom stereocenters. The van der Waals surface area contributed by atoms with Gasteiger partial charge < -0.3 is 9.47 Å². The molecule has 0 aromatic carbocycles. The van der Waals surface area contributed by atoms with Crippen molar-refractivity contribution < 1.29 is 0 Å². The summed E-state index contributed by atoms with van der Waals surface area (Å²) in [5.41, 5.74) is 0. The van der Waals surface area contributed by atoms with Gasteiger partial charge >= 0.3 is 0 Å². The van der Waals surface area contributed by atoms with Crippen LogP contribution in [0.5, 0.6) is 0 Å². The van der Waals surface area contributed by atoms with E-state index in [2.05, 4.69) is 50.1 Å². The second kappa shape index (κ2) is 4.99. The Balaban J connectivity index is 3.64. The standard InChI is InChI=1S/C9H24N2Si/c1-7-10(2)8-9-11(3)12(4,5)6/h7-9H2,1-6H3. The molecule has 0 aromatic rings. The molecular formula is C9H24N2Si. The first kappa shape index (κ1) is 12.1. The normalized spacial score (nSPS) is 13.0. The maximum Gasteiger partial charge on any atom is 0.118 e. The predicted molar refractivity (Wildman–Crippen MR) is 59.1 cm³/mol. The van der Waals surface area contributed by atoms with Gasteiger partial charge in [-0.2, -0.15) is 0 Å². The highest BCUT2D eigenvalue weighted by atomic mass is 28.3. The van der Waals surface area contributed by atoms with Gasteiger partial charge in [0.25, 0.3) is 0 Å². The second-order valence-electron chi connectivity index (χ2n) is 4.49. The molecule has 2 nitrogen and oxygen atoms in total. The quantitative estimate of drug-likeness (QED) is 0.606. The van der Waals surface area contributed by atoms with E-state index < -0.39 is 8.24 Å². The fourth-order valence-electron chi connectivity index (χ4n) is 0.814. The maximum atomic E-state index is 2.53. The Hall–Kier alpha value is 0.137. The lowest BCUT2D eigenvalue weighted by Crippen LogP contribution is -2.46. The minimum atomic E-state index is -1.03. The summed E-state index contributed by atoms with van der Waals surface area (Å²) in [5, 5.41) is 0. The molecular weight excluding hydrogens is 164 g/mol. The molecule has 0 saturated carbocycles. The molecule has 0 radical (unpaired) electrons. The summed E-state index contributed by atoms with van der Waals surface area (Å²) >= 11 is 0. The van der Waals surface area contributed by atoms with Crippen molar-refractivity contribution in [1.82, 2.24) is 9.47 Å². The van der Waals surface area contributed by atoms with Crippen LogP contribution in [0.1, 0.15) is 6.92 Å². The highest BCUT2D eigenvalue weighted by Gasteiger charge is 2.19. The largest absolute Gasteiger partial charge is 0.325 e. The molecule has 0 aliphatic heterocycles. The third-order valence-electron chi connectivity index (χ3n) is 2.50. The van der Waals surface area contributed by atoms with E-state index in [4.69, 9.17) is 0 Å². The van der Waals surface area contributed by atoms with Gasteiger partial charge in [0.05, 0.1) is 0 Å². The van der Waals surface area contributed by atoms with E-state index in [1.165, 1.54) is 13.1 Å². The molecule has 0 aliphatic carbocycles. The topological polar surface area (TPSA) is 6.48 Å². The number of hydrogen-bond acceptors (Lipinski definition) is 2. The molecule has 3 heteroatoms. The molecule has 0 saturated heterocycles. The van der Waals surface area contributed by atoms with E-state index in [1.807, 2.05) is 0 Å². The van der Waals surface area contributed by atoms with Crippen LogP contribution in [0.4, 0.5) is 0 Å². The fraction of sp³-hybridized carbons (Fsp3) is 1.00. The molecule has 0 fully saturated rings. The number of nitrogens with zero attached hydrogens (tertiary/aromatic N) is 2. The van der Waals surface area contributed by atoms with Crippen molar-refractivity contribution in [3.8, 4) is 0 Å². The van der Waals surface area contributed by atoms with E-state index in [-0.39, 0.29) is 0 Å². The lowest BCUT2D eigenvalue weighted by atomic mass is 10.5. The van der Waals surface area contributed by atoms with Gasteiger partial charge in [0.15, 0.2) is 0 Å². The van der Waals surface area contributed by atoms with Crippen LogP contribution in [-0.4, -0.2) is 51.4 Å². The highest BCUT2D eigenvalue weighted by molar-refractivity contribution is 6.73. The lowest BCUT2D eigenvalue weighted by Gasteiger charge is -2.31. The minimum absolute atomic E-state index is 1.03. The van der Waals surface area contributed by atoms with Gasteiger partial charge in [-0.1, -0.05) is 26.6 Å². The first-order chi connectivity index (χ1) is 5.38. The zero-order chi connectivity index (χ0) is 9.78. The third kappa shape index (κ3) is 4.90. The Bertz CT molecular complexity index is 120. The summed E-state index contributed by atoms with van der Waals surface area (Å²) in [7, 11) is 3.39. The van der Waals surface area contributed by atoms with E-state index >= 15 is 0 Å². The van der Waals surface area contributed by atoms with Crippen LogP contribution in [0.2, 0.25) is 19.6 Å². The van der Waals surface area contributed by atoms with Gasteiger partial charge in [0.2, 0.25) is 0 Å². The molecule has 0 amide bonds. The first-order valence-electron chi connectivity index (χ1n) is 4.77. The van der Waals surface area contributed by atoms with E-state index in [9.17, 15) is 0 Å². The van der Waals surface area contributed by atoms with E-state index in [0.717, 1.165) is 6.54 Å².